The Kier molecular flexibility index (Phi) is 6.11. The van der Waals surface area contributed by atoms with Crippen LogP contribution in [0.4, 0.5) is 0 Å². The molecule has 0 saturated carbocycles. The topological polar surface area (TPSA) is 66.5 Å². The monoisotopic (exact) mass is 392 g/mol. The molecule has 1 saturated heterocycles. The van der Waals surface area contributed by atoms with Crippen LogP contribution in [0.2, 0.25) is 0 Å². The largest absolute Gasteiger partial charge is 0.355 e. The van der Waals surface area contributed by atoms with Crippen molar-refractivity contribution < 1.29 is 13.2 Å². The third kappa shape index (κ3) is 4.34. The van der Waals surface area contributed by atoms with E-state index in [0.717, 1.165) is 6.42 Å². The molecule has 2 aromatic rings. The van der Waals surface area contributed by atoms with Gasteiger partial charge >= 0.3 is 0 Å². The molecule has 1 N–H and O–H groups in total. The number of hydrogen-bond acceptors (Lipinski definition) is 4. The van der Waals surface area contributed by atoms with Crippen molar-refractivity contribution in [3.05, 3.63) is 53.4 Å². The fourth-order valence-electron chi connectivity index (χ4n) is 3.21. The molecule has 140 valence electrons. The molecule has 2 atom stereocenters. The molecule has 1 fully saturated rings. The Morgan fingerprint density at radius 1 is 1.27 bits per heavy atom. The van der Waals surface area contributed by atoms with Crippen LogP contribution in [0.5, 0.6) is 0 Å². The molecule has 0 unspecified atom stereocenters. The van der Waals surface area contributed by atoms with E-state index in [-0.39, 0.29) is 24.3 Å². The fourth-order valence-corrected chi connectivity index (χ4v) is 5.88. The molecule has 0 aliphatic carbocycles. The van der Waals surface area contributed by atoms with Gasteiger partial charge in [-0.25, -0.2) is 8.42 Å². The van der Waals surface area contributed by atoms with Gasteiger partial charge in [-0.05, 0) is 35.8 Å². The van der Waals surface area contributed by atoms with Crippen LogP contribution in [0.3, 0.4) is 0 Å². The first kappa shape index (κ1) is 19.1. The minimum absolute atomic E-state index is 0.0566. The highest BCUT2D eigenvalue weighted by Gasteiger charge is 2.33. The Bertz CT molecular complexity index is 820. The number of sulfonamides is 1. The number of benzene rings is 1. The SMILES string of the molecule is C[C@@H](CNC(=O)[C@H]1CCCN(S(=O)(=O)c2cccs2)C1)c1ccccc1. The third-order valence-corrected chi connectivity index (χ3v) is 8.03. The number of hydrogen-bond donors (Lipinski definition) is 1. The van der Waals surface area contributed by atoms with Crippen molar-refractivity contribution in [3.63, 3.8) is 0 Å². The van der Waals surface area contributed by atoms with E-state index >= 15 is 0 Å². The summed E-state index contributed by atoms with van der Waals surface area (Å²) in [5.41, 5.74) is 1.18. The average molecular weight is 393 g/mol. The second-order valence-electron chi connectivity index (χ2n) is 6.69. The lowest BCUT2D eigenvalue weighted by Crippen LogP contribution is -2.45. The zero-order chi connectivity index (χ0) is 18.6. The highest BCUT2D eigenvalue weighted by Crippen LogP contribution is 2.26. The van der Waals surface area contributed by atoms with E-state index in [2.05, 4.69) is 12.2 Å². The van der Waals surface area contributed by atoms with Crippen molar-refractivity contribution in [2.45, 2.75) is 29.9 Å². The number of rotatable bonds is 6. The minimum Gasteiger partial charge on any atom is -0.355 e. The molecule has 1 aliphatic heterocycles. The second kappa shape index (κ2) is 8.33. The van der Waals surface area contributed by atoms with Gasteiger partial charge < -0.3 is 5.32 Å². The van der Waals surface area contributed by atoms with E-state index in [9.17, 15) is 13.2 Å². The van der Waals surface area contributed by atoms with Crippen LogP contribution in [0.25, 0.3) is 0 Å². The Hall–Kier alpha value is -1.70. The molecule has 1 aliphatic rings. The lowest BCUT2D eigenvalue weighted by atomic mass is 9.97. The van der Waals surface area contributed by atoms with Crippen molar-refractivity contribution in [1.29, 1.82) is 0 Å². The molecule has 3 rings (SSSR count). The van der Waals surface area contributed by atoms with Crippen LogP contribution in [0, 0.1) is 5.92 Å². The van der Waals surface area contributed by atoms with Gasteiger partial charge in [0.15, 0.2) is 0 Å². The van der Waals surface area contributed by atoms with Gasteiger partial charge in [-0.15, -0.1) is 11.3 Å². The van der Waals surface area contributed by atoms with Gasteiger partial charge in [0.2, 0.25) is 5.91 Å². The standard InChI is InChI=1S/C19H24N2O3S2/c1-15(16-7-3-2-4-8-16)13-20-19(22)17-9-5-11-21(14-17)26(23,24)18-10-6-12-25-18/h2-4,6-8,10,12,15,17H,5,9,11,13-14H2,1H3,(H,20,22)/t15-,17-/m0/s1. The van der Waals surface area contributed by atoms with E-state index in [1.165, 1.54) is 21.2 Å². The van der Waals surface area contributed by atoms with Gasteiger partial charge in [0.05, 0.1) is 5.92 Å². The van der Waals surface area contributed by atoms with Crippen molar-refractivity contribution in [2.24, 2.45) is 5.92 Å². The maximum absolute atomic E-state index is 12.7. The van der Waals surface area contributed by atoms with Gasteiger partial charge in [-0.3, -0.25) is 4.79 Å². The molecular weight excluding hydrogens is 368 g/mol. The first-order valence-electron chi connectivity index (χ1n) is 8.85. The van der Waals surface area contributed by atoms with E-state index in [1.54, 1.807) is 17.5 Å². The summed E-state index contributed by atoms with van der Waals surface area (Å²) >= 11 is 1.21. The Labute approximate surface area is 159 Å². The molecular formula is C19H24N2O3S2. The van der Waals surface area contributed by atoms with Crippen LogP contribution in [0.15, 0.2) is 52.1 Å². The summed E-state index contributed by atoms with van der Waals surface area (Å²) in [4.78, 5) is 12.6. The average Bonchev–Trinajstić information content (AvgIpc) is 3.22. The van der Waals surface area contributed by atoms with Crippen LogP contribution in [-0.4, -0.2) is 38.3 Å². The van der Waals surface area contributed by atoms with Gasteiger partial charge in [-0.1, -0.05) is 43.3 Å². The lowest BCUT2D eigenvalue weighted by Gasteiger charge is -2.31. The number of amides is 1. The summed E-state index contributed by atoms with van der Waals surface area (Å²) in [6, 6.07) is 13.4. The first-order valence-corrected chi connectivity index (χ1v) is 11.2. The summed E-state index contributed by atoms with van der Waals surface area (Å²) in [7, 11) is -3.49. The van der Waals surface area contributed by atoms with Gasteiger partial charge in [0, 0.05) is 19.6 Å². The molecule has 0 spiro atoms. The minimum atomic E-state index is -3.49. The zero-order valence-corrected chi connectivity index (χ0v) is 16.4. The third-order valence-electron chi connectivity index (χ3n) is 4.80. The van der Waals surface area contributed by atoms with Crippen LogP contribution in [0.1, 0.15) is 31.2 Å². The van der Waals surface area contributed by atoms with E-state index in [4.69, 9.17) is 0 Å². The number of nitrogens with zero attached hydrogens (tertiary/aromatic N) is 1. The number of piperidine rings is 1. The summed E-state index contributed by atoms with van der Waals surface area (Å²) in [5, 5.41) is 4.76. The summed E-state index contributed by atoms with van der Waals surface area (Å²) in [5.74, 6) is -0.130. The quantitative estimate of drug-likeness (QED) is 0.822. The summed E-state index contributed by atoms with van der Waals surface area (Å²) < 4.78 is 27.1. The van der Waals surface area contributed by atoms with Crippen LogP contribution >= 0.6 is 11.3 Å². The van der Waals surface area contributed by atoms with Gasteiger partial charge in [0.25, 0.3) is 10.0 Å². The van der Waals surface area contributed by atoms with Crippen molar-refractivity contribution >= 4 is 27.3 Å². The predicted octanol–water partition coefficient (Wildman–Crippen LogP) is 3.07. The summed E-state index contributed by atoms with van der Waals surface area (Å²) in [6.07, 6.45) is 1.43. The number of thiophene rings is 1. The second-order valence-corrected chi connectivity index (χ2v) is 9.80. The Balaban J connectivity index is 1.58. The number of nitrogens with one attached hydrogen (secondary N) is 1. The van der Waals surface area contributed by atoms with Gasteiger partial charge in [0.1, 0.15) is 4.21 Å². The normalized spacial score (nSPS) is 19.8. The first-order chi connectivity index (χ1) is 12.5. The molecule has 2 heterocycles. The van der Waals surface area contributed by atoms with E-state index < -0.39 is 10.0 Å². The molecule has 1 amide bonds. The van der Waals surface area contributed by atoms with Gasteiger partial charge in [-0.2, -0.15) is 4.31 Å². The molecule has 5 nitrogen and oxygen atoms in total. The smallest absolute Gasteiger partial charge is 0.252 e. The molecule has 26 heavy (non-hydrogen) atoms. The lowest BCUT2D eigenvalue weighted by molar-refractivity contribution is -0.126. The van der Waals surface area contributed by atoms with E-state index in [1.807, 2.05) is 30.3 Å². The zero-order valence-electron chi connectivity index (χ0n) is 14.8. The number of carbonyl (C=O) groups excluding carboxylic acids is 1. The van der Waals surface area contributed by atoms with Crippen LogP contribution < -0.4 is 5.32 Å². The van der Waals surface area contributed by atoms with Crippen molar-refractivity contribution in [1.82, 2.24) is 9.62 Å². The Morgan fingerprint density at radius 2 is 2.04 bits per heavy atom. The highest BCUT2D eigenvalue weighted by atomic mass is 32.2. The van der Waals surface area contributed by atoms with Crippen LogP contribution in [-0.2, 0) is 14.8 Å². The maximum Gasteiger partial charge on any atom is 0.252 e. The van der Waals surface area contributed by atoms with E-state index in [0.29, 0.717) is 23.7 Å². The molecule has 1 aromatic carbocycles. The molecule has 0 bridgehead atoms. The fraction of sp³-hybridized carbons (Fsp3) is 0.421. The number of carbonyl (C=O) groups is 1. The molecule has 7 heteroatoms. The van der Waals surface area contributed by atoms with Crippen molar-refractivity contribution in [2.75, 3.05) is 19.6 Å². The molecule has 0 radical (unpaired) electrons. The Morgan fingerprint density at radius 3 is 2.73 bits per heavy atom. The highest BCUT2D eigenvalue weighted by molar-refractivity contribution is 7.91. The van der Waals surface area contributed by atoms with Crippen molar-refractivity contribution in [3.8, 4) is 0 Å². The predicted molar refractivity (Wildman–Crippen MR) is 104 cm³/mol. The molecule has 1 aromatic heterocycles. The summed E-state index contributed by atoms with van der Waals surface area (Å²) in [6.45, 7) is 3.36. The maximum atomic E-state index is 12.7.